The average molecular weight is 204 g/mol. The first kappa shape index (κ1) is 7.99. The van der Waals surface area contributed by atoms with Gasteiger partial charge in [-0.3, -0.25) is 0 Å². The predicted molar refractivity (Wildman–Crippen MR) is 64.0 cm³/mol. The Kier molecular flexibility index (Phi) is 1.33. The number of rotatable bonds is 0. The highest BCUT2D eigenvalue weighted by molar-refractivity contribution is 6.13. The second-order valence-electron chi connectivity index (χ2n) is 4.00. The Morgan fingerprint density at radius 2 is 1.56 bits per heavy atom. The van der Waals surface area contributed by atoms with Gasteiger partial charge < -0.3 is 0 Å². The van der Waals surface area contributed by atoms with Crippen molar-refractivity contribution in [3.63, 3.8) is 0 Å². The molecule has 0 saturated heterocycles. The maximum Gasteiger partial charge on any atom is 0.101 e. The zero-order valence-electron chi connectivity index (χ0n) is 8.51. The van der Waals surface area contributed by atoms with Crippen molar-refractivity contribution in [2.24, 2.45) is 0 Å². The Balaban J connectivity index is 2.31. The van der Waals surface area contributed by atoms with Crippen LogP contribution in [0.1, 0.15) is 0 Å². The first-order valence-corrected chi connectivity index (χ1v) is 5.29. The number of fused-ring (bicyclic) bond motifs is 3. The molecule has 0 bridgehead atoms. The van der Waals surface area contributed by atoms with Crippen molar-refractivity contribution < 1.29 is 0 Å². The third-order valence-electron chi connectivity index (χ3n) is 3.17. The van der Waals surface area contributed by atoms with Gasteiger partial charge in [-0.2, -0.15) is 5.10 Å². The van der Waals surface area contributed by atoms with Crippen molar-refractivity contribution in [2.75, 3.05) is 0 Å². The van der Waals surface area contributed by atoms with Crippen molar-refractivity contribution in [1.29, 1.82) is 0 Å². The lowest BCUT2D eigenvalue weighted by atomic mass is 10.0. The van der Waals surface area contributed by atoms with E-state index in [1.54, 1.807) is 6.20 Å². The van der Waals surface area contributed by atoms with Crippen LogP contribution in [0.25, 0.3) is 33.2 Å². The number of hydrogen-bond donors (Lipinski definition) is 0. The lowest BCUT2D eigenvalue weighted by Crippen LogP contribution is -1.84. The summed E-state index contributed by atoms with van der Waals surface area (Å²) in [6.07, 6.45) is 1.75. The maximum absolute atomic E-state index is 4.25. The van der Waals surface area contributed by atoms with Crippen LogP contribution in [0.2, 0.25) is 0 Å². The van der Waals surface area contributed by atoms with E-state index in [-0.39, 0.29) is 0 Å². The molecule has 0 unspecified atom stereocenters. The molecule has 0 N–H and O–H groups in total. The molecule has 1 aliphatic carbocycles. The number of benzene rings is 2. The van der Waals surface area contributed by atoms with E-state index < -0.39 is 0 Å². The molecule has 0 fully saturated rings. The van der Waals surface area contributed by atoms with Crippen molar-refractivity contribution in [2.45, 2.75) is 0 Å². The minimum absolute atomic E-state index is 1.01. The summed E-state index contributed by atoms with van der Waals surface area (Å²) in [7, 11) is 0. The van der Waals surface area contributed by atoms with Gasteiger partial charge >= 0.3 is 0 Å². The summed E-state index contributed by atoms with van der Waals surface area (Å²) >= 11 is 0. The van der Waals surface area contributed by atoms with E-state index in [1.807, 2.05) is 6.07 Å². The summed E-state index contributed by atoms with van der Waals surface area (Å²) in [6, 6.07) is 14.8. The van der Waals surface area contributed by atoms with Crippen molar-refractivity contribution in [1.82, 2.24) is 10.2 Å². The van der Waals surface area contributed by atoms with Crippen LogP contribution in [0, 0.1) is 0 Å². The number of nitrogens with zero attached hydrogens (tertiary/aromatic N) is 2. The Hall–Kier alpha value is -2.22. The molecule has 0 saturated carbocycles. The van der Waals surface area contributed by atoms with Gasteiger partial charge in [-0.1, -0.05) is 36.4 Å². The molecule has 1 aliphatic rings. The van der Waals surface area contributed by atoms with Crippen LogP contribution >= 0.6 is 0 Å². The second-order valence-corrected chi connectivity index (χ2v) is 4.00. The van der Waals surface area contributed by atoms with Crippen LogP contribution < -0.4 is 0 Å². The molecule has 3 aromatic rings. The summed E-state index contributed by atoms with van der Waals surface area (Å²) in [6.45, 7) is 0. The first-order valence-electron chi connectivity index (χ1n) is 5.29. The summed E-state index contributed by atoms with van der Waals surface area (Å²) in [5, 5.41) is 10.8. The highest BCUT2D eigenvalue weighted by atomic mass is 15.1. The molecule has 4 rings (SSSR count). The Bertz CT molecular complexity index is 659. The van der Waals surface area contributed by atoms with E-state index in [1.165, 1.54) is 27.5 Å². The van der Waals surface area contributed by atoms with Gasteiger partial charge in [0, 0.05) is 11.1 Å². The molecule has 1 aromatic heterocycles. The van der Waals surface area contributed by atoms with Crippen LogP contribution in [0.5, 0.6) is 0 Å². The van der Waals surface area contributed by atoms with E-state index in [9.17, 15) is 0 Å². The fourth-order valence-corrected chi connectivity index (χ4v) is 2.51. The van der Waals surface area contributed by atoms with Crippen LogP contribution in [-0.2, 0) is 0 Å². The Morgan fingerprint density at radius 3 is 2.44 bits per heavy atom. The van der Waals surface area contributed by atoms with E-state index in [0.29, 0.717) is 0 Å². The summed E-state index contributed by atoms with van der Waals surface area (Å²) in [5.41, 5.74) is 4.69. The van der Waals surface area contributed by atoms with E-state index >= 15 is 0 Å². The lowest BCUT2D eigenvalue weighted by molar-refractivity contribution is 1.04. The third kappa shape index (κ3) is 0.823. The van der Waals surface area contributed by atoms with Crippen LogP contribution in [0.15, 0.2) is 48.7 Å². The second kappa shape index (κ2) is 2.67. The van der Waals surface area contributed by atoms with Gasteiger partial charge in [0.05, 0.1) is 6.20 Å². The zero-order chi connectivity index (χ0) is 10.5. The lowest BCUT2D eigenvalue weighted by Gasteiger charge is -1.99. The smallest absolute Gasteiger partial charge is 0.101 e. The summed E-state index contributed by atoms with van der Waals surface area (Å²) in [4.78, 5) is 0. The van der Waals surface area contributed by atoms with Crippen LogP contribution in [-0.4, -0.2) is 10.2 Å². The Labute approximate surface area is 92.6 Å². The topological polar surface area (TPSA) is 25.8 Å². The highest BCUT2D eigenvalue weighted by Gasteiger charge is 2.21. The standard InChI is InChI=1S/C14H8N2/c1-3-9-4-2-6-12-13(9)10(5-1)11-7-8-15-16-14(11)12/h1-8H. The van der Waals surface area contributed by atoms with Gasteiger partial charge in [-0.15, -0.1) is 5.10 Å². The fraction of sp³-hybridized carbons (Fsp3) is 0. The maximum atomic E-state index is 4.25. The molecule has 2 aromatic carbocycles. The fourth-order valence-electron chi connectivity index (χ4n) is 2.51. The average Bonchev–Trinajstić information content (AvgIpc) is 2.68. The molecule has 2 nitrogen and oxygen atoms in total. The largest absolute Gasteiger partial charge is 0.158 e. The van der Waals surface area contributed by atoms with Gasteiger partial charge in [0.25, 0.3) is 0 Å². The molecule has 0 radical (unpaired) electrons. The molecule has 0 aliphatic heterocycles. The van der Waals surface area contributed by atoms with Crippen LogP contribution in [0.3, 0.4) is 0 Å². The third-order valence-corrected chi connectivity index (χ3v) is 3.17. The molecular weight excluding hydrogens is 196 g/mol. The summed E-state index contributed by atoms with van der Waals surface area (Å²) < 4.78 is 0. The Morgan fingerprint density at radius 1 is 0.750 bits per heavy atom. The van der Waals surface area contributed by atoms with Gasteiger partial charge in [0.2, 0.25) is 0 Å². The minimum Gasteiger partial charge on any atom is -0.158 e. The zero-order valence-corrected chi connectivity index (χ0v) is 8.51. The van der Waals surface area contributed by atoms with Crippen LogP contribution in [0.4, 0.5) is 0 Å². The van der Waals surface area contributed by atoms with E-state index in [0.717, 1.165) is 5.69 Å². The monoisotopic (exact) mass is 204 g/mol. The van der Waals surface area contributed by atoms with Gasteiger partial charge in [-0.25, -0.2) is 0 Å². The predicted octanol–water partition coefficient (Wildman–Crippen LogP) is 3.28. The summed E-state index contributed by atoms with van der Waals surface area (Å²) in [5.74, 6) is 0. The SMILES string of the molecule is c1cc2c3c(cccc3c1)-c1nnccc1-2. The molecular formula is C14H8N2. The van der Waals surface area contributed by atoms with E-state index in [2.05, 4.69) is 46.6 Å². The van der Waals surface area contributed by atoms with E-state index in [4.69, 9.17) is 0 Å². The highest BCUT2D eigenvalue weighted by Crippen LogP contribution is 2.45. The quantitative estimate of drug-likeness (QED) is 0.439. The van der Waals surface area contributed by atoms with Crippen molar-refractivity contribution in [3.05, 3.63) is 48.7 Å². The molecule has 2 heteroatoms. The molecule has 1 heterocycles. The molecule has 0 atom stereocenters. The molecule has 74 valence electrons. The first-order chi connectivity index (χ1) is 7.95. The van der Waals surface area contributed by atoms with Crippen molar-refractivity contribution >= 4 is 10.8 Å². The van der Waals surface area contributed by atoms with Crippen molar-refractivity contribution in [3.8, 4) is 22.4 Å². The molecule has 0 spiro atoms. The molecule has 0 amide bonds. The minimum atomic E-state index is 1.01. The number of hydrogen-bond acceptors (Lipinski definition) is 2. The van der Waals surface area contributed by atoms with Gasteiger partial charge in [-0.05, 0) is 22.4 Å². The van der Waals surface area contributed by atoms with Gasteiger partial charge in [0.1, 0.15) is 5.69 Å². The normalized spacial score (nSPS) is 11.8. The molecule has 16 heavy (non-hydrogen) atoms. The number of aromatic nitrogens is 2. The van der Waals surface area contributed by atoms with Gasteiger partial charge in [0.15, 0.2) is 0 Å².